The first kappa shape index (κ1) is 9.06. The molecule has 1 heterocycles. The molecule has 0 aliphatic carbocycles. The van der Waals surface area contributed by atoms with Crippen molar-refractivity contribution in [2.45, 2.75) is 20.4 Å². The Kier molecular flexibility index (Phi) is 3.10. The summed E-state index contributed by atoms with van der Waals surface area (Å²) in [5.74, 6) is 0.471. The number of nitrogens with two attached hydrogens (primary N) is 1. The van der Waals surface area contributed by atoms with Crippen LogP contribution in [0.3, 0.4) is 0 Å². The molecular weight excluding hydrogens is 156 g/mol. The van der Waals surface area contributed by atoms with E-state index in [9.17, 15) is 0 Å². The maximum absolute atomic E-state index is 5.34. The molecule has 4 nitrogen and oxygen atoms in total. The minimum atomic E-state index is 0.309. The molecule has 0 aromatic carbocycles. The fourth-order valence-corrected chi connectivity index (χ4v) is 0.686. The Hall–Kier alpha value is -1.03. The van der Waals surface area contributed by atoms with E-state index in [0.717, 1.165) is 0 Å². The van der Waals surface area contributed by atoms with Crippen molar-refractivity contribution in [2.24, 2.45) is 11.7 Å². The van der Waals surface area contributed by atoms with E-state index in [1.54, 1.807) is 0 Å². The smallest absolute Gasteiger partial charge is 0.393 e. The molecular formula is C8H14N2O2. The predicted molar refractivity (Wildman–Crippen MR) is 44.7 cm³/mol. The highest BCUT2D eigenvalue weighted by Gasteiger charge is 2.03. The largest absolute Gasteiger partial charge is 0.450 e. The van der Waals surface area contributed by atoms with Crippen LogP contribution in [0, 0.1) is 5.92 Å². The van der Waals surface area contributed by atoms with Gasteiger partial charge in [-0.3, -0.25) is 0 Å². The van der Waals surface area contributed by atoms with Crippen molar-refractivity contribution in [3.05, 3.63) is 12.0 Å². The van der Waals surface area contributed by atoms with Gasteiger partial charge in [0.1, 0.15) is 6.26 Å². The Balaban J connectivity index is 2.41. The highest BCUT2D eigenvalue weighted by Crippen LogP contribution is 2.10. The maximum atomic E-state index is 5.34. The standard InChI is InChI=1S/C8H14N2O2/c1-6(2)4-11-8-10-7(3-9)5-12-8/h5-6H,3-4,9H2,1-2H3. The van der Waals surface area contributed by atoms with E-state index < -0.39 is 0 Å². The molecule has 12 heavy (non-hydrogen) atoms. The topological polar surface area (TPSA) is 61.3 Å². The van der Waals surface area contributed by atoms with E-state index in [2.05, 4.69) is 18.8 Å². The number of rotatable bonds is 4. The molecule has 0 aliphatic heterocycles. The second-order valence-corrected chi connectivity index (χ2v) is 3.01. The summed E-state index contributed by atoms with van der Waals surface area (Å²) in [6.45, 7) is 5.12. The quantitative estimate of drug-likeness (QED) is 0.736. The lowest BCUT2D eigenvalue weighted by Gasteiger charge is -2.02. The summed E-state index contributed by atoms with van der Waals surface area (Å²) in [6, 6.07) is 0. The van der Waals surface area contributed by atoms with Gasteiger partial charge in [-0.05, 0) is 5.92 Å². The van der Waals surface area contributed by atoms with Crippen molar-refractivity contribution in [2.75, 3.05) is 6.61 Å². The fourth-order valence-electron chi connectivity index (χ4n) is 0.686. The lowest BCUT2D eigenvalue weighted by atomic mass is 10.2. The van der Waals surface area contributed by atoms with E-state index in [-0.39, 0.29) is 0 Å². The summed E-state index contributed by atoms with van der Waals surface area (Å²) >= 11 is 0. The van der Waals surface area contributed by atoms with Crippen LogP contribution in [0.5, 0.6) is 6.08 Å². The summed E-state index contributed by atoms with van der Waals surface area (Å²) in [6.07, 6.45) is 1.82. The van der Waals surface area contributed by atoms with E-state index in [1.807, 2.05) is 0 Å². The molecule has 0 radical (unpaired) electrons. The summed E-state index contributed by atoms with van der Waals surface area (Å²) in [7, 11) is 0. The fraction of sp³-hybridized carbons (Fsp3) is 0.625. The van der Waals surface area contributed by atoms with Gasteiger partial charge < -0.3 is 14.9 Å². The van der Waals surface area contributed by atoms with Gasteiger partial charge in [-0.15, -0.1) is 0 Å². The van der Waals surface area contributed by atoms with Crippen LogP contribution in [-0.2, 0) is 6.54 Å². The molecule has 4 heteroatoms. The average molecular weight is 170 g/mol. The molecule has 1 aromatic heterocycles. The van der Waals surface area contributed by atoms with E-state index in [0.29, 0.717) is 30.8 Å². The first-order valence-electron chi connectivity index (χ1n) is 3.99. The zero-order valence-corrected chi connectivity index (χ0v) is 7.41. The number of aromatic nitrogens is 1. The lowest BCUT2D eigenvalue weighted by molar-refractivity contribution is 0.202. The summed E-state index contributed by atoms with van der Waals surface area (Å²) in [5.41, 5.74) is 6.06. The highest BCUT2D eigenvalue weighted by molar-refractivity contribution is 4.98. The van der Waals surface area contributed by atoms with Crippen LogP contribution in [0.4, 0.5) is 0 Å². The van der Waals surface area contributed by atoms with E-state index in [1.165, 1.54) is 6.26 Å². The molecule has 0 amide bonds. The van der Waals surface area contributed by atoms with E-state index >= 15 is 0 Å². The second-order valence-electron chi connectivity index (χ2n) is 3.01. The molecule has 0 spiro atoms. The van der Waals surface area contributed by atoms with Crippen LogP contribution in [0.15, 0.2) is 10.7 Å². The molecule has 0 saturated heterocycles. The predicted octanol–water partition coefficient (Wildman–Crippen LogP) is 1.17. The third-order valence-corrected chi connectivity index (χ3v) is 1.28. The minimum Gasteiger partial charge on any atom is -0.450 e. The van der Waals surface area contributed by atoms with Crippen molar-refractivity contribution in [3.8, 4) is 6.08 Å². The van der Waals surface area contributed by atoms with Gasteiger partial charge in [-0.25, -0.2) is 0 Å². The number of nitrogens with zero attached hydrogens (tertiary/aromatic N) is 1. The summed E-state index contributed by atoms with van der Waals surface area (Å²) in [5, 5.41) is 0. The van der Waals surface area contributed by atoms with Gasteiger partial charge in [0.05, 0.1) is 12.3 Å². The third kappa shape index (κ3) is 2.54. The first-order valence-corrected chi connectivity index (χ1v) is 3.99. The molecule has 1 rings (SSSR count). The van der Waals surface area contributed by atoms with Gasteiger partial charge in [-0.1, -0.05) is 13.8 Å². The van der Waals surface area contributed by atoms with Crippen LogP contribution >= 0.6 is 0 Å². The van der Waals surface area contributed by atoms with Crippen LogP contribution in [0.2, 0.25) is 0 Å². The zero-order chi connectivity index (χ0) is 8.97. The summed E-state index contributed by atoms with van der Waals surface area (Å²) < 4.78 is 10.2. The molecule has 0 saturated carbocycles. The van der Waals surface area contributed by atoms with Gasteiger partial charge in [0.15, 0.2) is 0 Å². The van der Waals surface area contributed by atoms with Gasteiger partial charge >= 0.3 is 6.08 Å². The lowest BCUT2D eigenvalue weighted by Crippen LogP contribution is -2.05. The van der Waals surface area contributed by atoms with Crippen molar-refractivity contribution >= 4 is 0 Å². The van der Waals surface area contributed by atoms with Crippen LogP contribution in [0.1, 0.15) is 19.5 Å². The Morgan fingerprint density at radius 1 is 1.67 bits per heavy atom. The summed E-state index contributed by atoms with van der Waals surface area (Å²) in [4.78, 5) is 3.99. The van der Waals surface area contributed by atoms with Gasteiger partial charge in [0.25, 0.3) is 0 Å². The molecule has 0 unspecified atom stereocenters. The normalized spacial score (nSPS) is 10.7. The Bertz CT molecular complexity index is 233. The number of oxazole rings is 1. The van der Waals surface area contributed by atoms with Crippen LogP contribution < -0.4 is 10.5 Å². The van der Waals surface area contributed by atoms with Gasteiger partial charge in [0.2, 0.25) is 0 Å². The number of hydrogen-bond acceptors (Lipinski definition) is 4. The Labute approximate surface area is 71.7 Å². The maximum Gasteiger partial charge on any atom is 0.393 e. The van der Waals surface area contributed by atoms with Gasteiger partial charge in [0, 0.05) is 6.54 Å². The van der Waals surface area contributed by atoms with Gasteiger partial charge in [-0.2, -0.15) is 4.98 Å². The SMILES string of the molecule is CC(C)COc1nc(CN)co1. The molecule has 0 fully saturated rings. The van der Waals surface area contributed by atoms with Crippen molar-refractivity contribution in [1.29, 1.82) is 0 Å². The van der Waals surface area contributed by atoms with E-state index in [4.69, 9.17) is 14.9 Å². The molecule has 68 valence electrons. The second kappa shape index (κ2) is 4.11. The molecule has 1 aromatic rings. The minimum absolute atomic E-state index is 0.309. The van der Waals surface area contributed by atoms with Crippen molar-refractivity contribution < 1.29 is 9.15 Å². The monoisotopic (exact) mass is 170 g/mol. The number of ether oxygens (including phenoxy) is 1. The van der Waals surface area contributed by atoms with Crippen LogP contribution in [0.25, 0.3) is 0 Å². The average Bonchev–Trinajstić information content (AvgIpc) is 2.48. The van der Waals surface area contributed by atoms with Crippen molar-refractivity contribution in [3.63, 3.8) is 0 Å². The molecule has 2 N–H and O–H groups in total. The molecule has 0 atom stereocenters. The van der Waals surface area contributed by atoms with Crippen molar-refractivity contribution in [1.82, 2.24) is 4.98 Å². The third-order valence-electron chi connectivity index (χ3n) is 1.28. The van der Waals surface area contributed by atoms with Crippen LogP contribution in [-0.4, -0.2) is 11.6 Å². The highest BCUT2D eigenvalue weighted by atomic mass is 16.6. The Morgan fingerprint density at radius 2 is 2.42 bits per heavy atom. The first-order chi connectivity index (χ1) is 5.72. The Morgan fingerprint density at radius 3 is 2.92 bits per heavy atom. The molecule has 0 bridgehead atoms. The molecule has 0 aliphatic rings. The number of hydrogen-bond donors (Lipinski definition) is 1. The zero-order valence-electron chi connectivity index (χ0n) is 7.41.